The Labute approximate surface area is 132 Å². The van der Waals surface area contributed by atoms with E-state index in [4.69, 9.17) is 5.21 Å². The van der Waals surface area contributed by atoms with Crippen LogP contribution in [0.3, 0.4) is 0 Å². The number of hydrogen-bond acceptors (Lipinski definition) is 4. The number of hydroxylamine groups is 1. The van der Waals surface area contributed by atoms with Crippen LogP contribution in [0.25, 0.3) is 10.9 Å². The van der Waals surface area contributed by atoms with E-state index in [1.165, 1.54) is 10.9 Å². The van der Waals surface area contributed by atoms with Gasteiger partial charge in [0.05, 0.1) is 23.8 Å². The van der Waals surface area contributed by atoms with Gasteiger partial charge in [0.15, 0.2) is 0 Å². The Morgan fingerprint density at radius 3 is 2.65 bits per heavy atom. The van der Waals surface area contributed by atoms with E-state index in [9.17, 15) is 9.59 Å². The number of hydrogen-bond donors (Lipinski definition) is 2. The van der Waals surface area contributed by atoms with Gasteiger partial charge in [-0.1, -0.05) is 23.8 Å². The molecule has 2 aromatic carbocycles. The highest BCUT2D eigenvalue weighted by Gasteiger charge is 2.07. The van der Waals surface area contributed by atoms with Crippen LogP contribution in [0.15, 0.2) is 53.6 Å². The first-order valence-electron chi connectivity index (χ1n) is 7.07. The quantitative estimate of drug-likeness (QED) is 0.571. The number of amides is 1. The molecule has 3 rings (SSSR count). The number of nitrogens with zero attached hydrogens (tertiary/aromatic N) is 2. The molecule has 2 N–H and O–H groups in total. The number of fused-ring (bicyclic) bond motifs is 1. The number of carbonyl (C=O) groups is 1. The van der Waals surface area contributed by atoms with Gasteiger partial charge in [-0.3, -0.25) is 19.4 Å². The predicted molar refractivity (Wildman–Crippen MR) is 85.5 cm³/mol. The molecule has 1 heterocycles. The fourth-order valence-corrected chi connectivity index (χ4v) is 2.41. The fraction of sp³-hybridized carbons (Fsp3) is 0.118. The Morgan fingerprint density at radius 2 is 1.96 bits per heavy atom. The van der Waals surface area contributed by atoms with Crippen LogP contribution >= 0.6 is 0 Å². The van der Waals surface area contributed by atoms with Crippen LogP contribution in [0.5, 0.6) is 0 Å². The molecule has 0 saturated carbocycles. The molecule has 1 amide bonds. The van der Waals surface area contributed by atoms with E-state index in [0.29, 0.717) is 23.0 Å². The molecule has 6 nitrogen and oxygen atoms in total. The van der Waals surface area contributed by atoms with Gasteiger partial charge < -0.3 is 0 Å². The fourth-order valence-electron chi connectivity index (χ4n) is 2.41. The lowest BCUT2D eigenvalue weighted by Gasteiger charge is -2.08. The topological polar surface area (TPSA) is 84.2 Å². The van der Waals surface area contributed by atoms with Gasteiger partial charge in [-0.2, -0.15) is 0 Å². The van der Waals surface area contributed by atoms with E-state index in [0.717, 1.165) is 11.1 Å². The molecule has 0 atom stereocenters. The van der Waals surface area contributed by atoms with Crippen LogP contribution in [0, 0.1) is 6.92 Å². The summed E-state index contributed by atoms with van der Waals surface area (Å²) in [4.78, 5) is 28.1. The molecule has 0 fully saturated rings. The standard InChI is InChI=1S/C17H15N3O3/c1-11-2-7-15-14(8-11)17(22)20(10-18-15)9-12-3-5-13(6-4-12)16(21)19-23/h2-8,10,23H,9H2,1H3,(H,19,21). The van der Waals surface area contributed by atoms with Gasteiger partial charge in [-0.25, -0.2) is 10.5 Å². The highest BCUT2D eigenvalue weighted by molar-refractivity contribution is 5.93. The maximum Gasteiger partial charge on any atom is 0.274 e. The van der Waals surface area contributed by atoms with Gasteiger partial charge in [0, 0.05) is 5.56 Å². The van der Waals surface area contributed by atoms with Crippen molar-refractivity contribution in [2.24, 2.45) is 0 Å². The van der Waals surface area contributed by atoms with Crippen molar-refractivity contribution < 1.29 is 10.0 Å². The summed E-state index contributed by atoms with van der Waals surface area (Å²) in [6.07, 6.45) is 1.52. The molecule has 116 valence electrons. The van der Waals surface area contributed by atoms with Crippen LogP contribution in [0.4, 0.5) is 0 Å². The minimum Gasteiger partial charge on any atom is -0.294 e. The highest BCUT2D eigenvalue weighted by Crippen LogP contribution is 2.10. The Kier molecular flexibility index (Phi) is 3.91. The SMILES string of the molecule is Cc1ccc2ncn(Cc3ccc(C(=O)NO)cc3)c(=O)c2c1. The summed E-state index contributed by atoms with van der Waals surface area (Å²) in [7, 11) is 0. The predicted octanol–water partition coefficient (Wildman–Crippen LogP) is 1.87. The smallest absolute Gasteiger partial charge is 0.274 e. The molecule has 0 radical (unpaired) electrons. The van der Waals surface area contributed by atoms with Crippen molar-refractivity contribution in [2.75, 3.05) is 0 Å². The number of carbonyl (C=O) groups excluding carboxylic acids is 1. The van der Waals surface area contributed by atoms with E-state index in [-0.39, 0.29) is 5.56 Å². The number of rotatable bonds is 3. The molecule has 0 saturated heterocycles. The van der Waals surface area contributed by atoms with Gasteiger partial charge in [-0.05, 0) is 36.8 Å². The second-order valence-corrected chi connectivity index (χ2v) is 5.34. The lowest BCUT2D eigenvalue weighted by molar-refractivity contribution is 0.0706. The molecular weight excluding hydrogens is 294 g/mol. The summed E-state index contributed by atoms with van der Waals surface area (Å²) in [5.41, 5.74) is 4.36. The van der Waals surface area contributed by atoms with E-state index < -0.39 is 5.91 Å². The van der Waals surface area contributed by atoms with Crippen molar-refractivity contribution in [1.82, 2.24) is 15.0 Å². The molecule has 0 unspecified atom stereocenters. The Balaban J connectivity index is 1.94. The molecule has 3 aromatic rings. The molecule has 6 heteroatoms. The molecule has 0 aliphatic carbocycles. The van der Waals surface area contributed by atoms with Crippen molar-refractivity contribution >= 4 is 16.8 Å². The van der Waals surface area contributed by atoms with E-state index in [2.05, 4.69) is 4.98 Å². The molecule has 23 heavy (non-hydrogen) atoms. The second kappa shape index (κ2) is 6.02. The van der Waals surface area contributed by atoms with Gasteiger partial charge in [0.2, 0.25) is 0 Å². The third kappa shape index (κ3) is 2.97. The van der Waals surface area contributed by atoms with E-state index in [1.54, 1.807) is 29.7 Å². The third-order valence-corrected chi connectivity index (χ3v) is 3.65. The molecule has 0 aliphatic heterocycles. The van der Waals surface area contributed by atoms with Gasteiger partial charge in [0.1, 0.15) is 0 Å². The summed E-state index contributed by atoms with van der Waals surface area (Å²) in [6, 6.07) is 12.2. The average Bonchev–Trinajstić information content (AvgIpc) is 2.58. The van der Waals surface area contributed by atoms with Crippen LogP contribution < -0.4 is 11.0 Å². The highest BCUT2D eigenvalue weighted by atomic mass is 16.5. The maximum absolute atomic E-state index is 12.5. The lowest BCUT2D eigenvalue weighted by atomic mass is 10.1. The second-order valence-electron chi connectivity index (χ2n) is 5.34. The molecule has 0 spiro atoms. The van der Waals surface area contributed by atoms with Crippen molar-refractivity contribution in [3.8, 4) is 0 Å². The number of nitrogens with one attached hydrogen (secondary N) is 1. The molecule has 0 aliphatic rings. The van der Waals surface area contributed by atoms with Crippen molar-refractivity contribution in [3.63, 3.8) is 0 Å². The van der Waals surface area contributed by atoms with Gasteiger partial charge in [-0.15, -0.1) is 0 Å². The van der Waals surface area contributed by atoms with E-state index in [1.807, 2.05) is 25.1 Å². The van der Waals surface area contributed by atoms with E-state index >= 15 is 0 Å². The first kappa shape index (κ1) is 14.9. The van der Waals surface area contributed by atoms with Crippen molar-refractivity contribution in [2.45, 2.75) is 13.5 Å². The monoisotopic (exact) mass is 309 g/mol. The van der Waals surface area contributed by atoms with Crippen LogP contribution in [-0.4, -0.2) is 20.7 Å². The minimum atomic E-state index is -0.573. The summed E-state index contributed by atoms with van der Waals surface area (Å²) >= 11 is 0. The number of aryl methyl sites for hydroxylation is 1. The lowest BCUT2D eigenvalue weighted by Crippen LogP contribution is -2.21. The Bertz CT molecular complexity index is 930. The summed E-state index contributed by atoms with van der Waals surface area (Å²) in [5.74, 6) is -0.573. The van der Waals surface area contributed by atoms with Crippen LogP contribution in [0.2, 0.25) is 0 Å². The zero-order chi connectivity index (χ0) is 16.4. The first-order chi connectivity index (χ1) is 11.1. The minimum absolute atomic E-state index is 0.101. The number of benzene rings is 2. The zero-order valence-corrected chi connectivity index (χ0v) is 12.5. The normalized spacial score (nSPS) is 10.7. The summed E-state index contributed by atoms with van der Waals surface area (Å²) < 4.78 is 1.53. The average molecular weight is 309 g/mol. The van der Waals surface area contributed by atoms with Crippen molar-refractivity contribution in [1.29, 1.82) is 0 Å². The molecule has 0 bridgehead atoms. The third-order valence-electron chi connectivity index (χ3n) is 3.65. The largest absolute Gasteiger partial charge is 0.294 e. The first-order valence-corrected chi connectivity index (χ1v) is 7.07. The van der Waals surface area contributed by atoms with Crippen molar-refractivity contribution in [3.05, 3.63) is 75.8 Å². The zero-order valence-electron chi connectivity index (χ0n) is 12.5. The Morgan fingerprint density at radius 1 is 1.22 bits per heavy atom. The number of aromatic nitrogens is 2. The van der Waals surface area contributed by atoms with Crippen LogP contribution in [-0.2, 0) is 6.54 Å². The van der Waals surface area contributed by atoms with Gasteiger partial charge in [0.25, 0.3) is 11.5 Å². The summed E-state index contributed by atoms with van der Waals surface area (Å²) in [6.45, 7) is 2.29. The summed E-state index contributed by atoms with van der Waals surface area (Å²) in [5, 5.41) is 9.19. The van der Waals surface area contributed by atoms with Crippen LogP contribution in [0.1, 0.15) is 21.5 Å². The van der Waals surface area contributed by atoms with Gasteiger partial charge >= 0.3 is 0 Å². The molecular formula is C17H15N3O3. The Hall–Kier alpha value is -2.99. The molecule has 1 aromatic heterocycles. The maximum atomic E-state index is 12.5.